The summed E-state index contributed by atoms with van der Waals surface area (Å²) >= 11 is 1.68. The molecule has 0 spiro atoms. The lowest BCUT2D eigenvalue weighted by atomic mass is 10.2. The van der Waals surface area contributed by atoms with E-state index in [0.717, 1.165) is 28.9 Å². The van der Waals surface area contributed by atoms with Gasteiger partial charge < -0.3 is 15.5 Å². The number of rotatable bonds is 5. The number of hydrogen-bond acceptors (Lipinski definition) is 4. The highest BCUT2D eigenvalue weighted by Gasteiger charge is 2.31. The molecule has 1 aromatic heterocycles. The van der Waals surface area contributed by atoms with Crippen LogP contribution in [0.4, 0.5) is 5.69 Å². The molecule has 1 aliphatic rings. The van der Waals surface area contributed by atoms with Crippen LogP contribution in [0.15, 0.2) is 35.3 Å². The molecule has 1 aliphatic heterocycles. The lowest BCUT2D eigenvalue weighted by Gasteiger charge is -2.19. The number of aliphatic imine (C=N–C) groups is 1. The predicted octanol–water partition coefficient (Wildman–Crippen LogP) is 2.62. The van der Waals surface area contributed by atoms with Crippen LogP contribution in [0.25, 0.3) is 0 Å². The minimum absolute atomic E-state index is 0.0461. The van der Waals surface area contributed by atoms with Gasteiger partial charge in [-0.15, -0.1) is 11.3 Å². The van der Waals surface area contributed by atoms with E-state index in [1.807, 2.05) is 56.0 Å². The first kappa shape index (κ1) is 18.4. The third-order valence-corrected chi connectivity index (χ3v) is 5.32. The van der Waals surface area contributed by atoms with Gasteiger partial charge in [-0.3, -0.25) is 4.79 Å². The Labute approximate surface area is 158 Å². The number of carbonyl (C=O) groups is 1. The van der Waals surface area contributed by atoms with Gasteiger partial charge in [0.25, 0.3) is 0 Å². The van der Waals surface area contributed by atoms with Gasteiger partial charge in [0.1, 0.15) is 0 Å². The SMILES string of the molecule is CCNC(=NCc1sc(C)nc1C)NC1CC(=O)N(c2ccccc2)C1. The molecule has 6 nitrogen and oxygen atoms in total. The zero-order chi connectivity index (χ0) is 18.5. The Morgan fingerprint density at radius 2 is 2.12 bits per heavy atom. The Morgan fingerprint density at radius 1 is 1.35 bits per heavy atom. The number of nitrogens with zero attached hydrogens (tertiary/aromatic N) is 3. The molecule has 7 heteroatoms. The zero-order valence-corrected chi connectivity index (χ0v) is 16.3. The lowest BCUT2D eigenvalue weighted by Crippen LogP contribution is -2.44. The molecular weight excluding hydrogens is 346 g/mol. The molecule has 1 amide bonds. The second-order valence-corrected chi connectivity index (χ2v) is 7.61. The molecule has 1 fully saturated rings. The largest absolute Gasteiger partial charge is 0.357 e. The number of nitrogens with one attached hydrogen (secondary N) is 2. The Hall–Kier alpha value is -2.41. The molecule has 2 aromatic rings. The molecule has 2 N–H and O–H groups in total. The molecule has 0 radical (unpaired) electrons. The fourth-order valence-electron chi connectivity index (χ4n) is 3.05. The van der Waals surface area contributed by atoms with E-state index < -0.39 is 0 Å². The third-order valence-electron chi connectivity index (χ3n) is 4.26. The van der Waals surface area contributed by atoms with Crippen molar-refractivity contribution in [1.82, 2.24) is 15.6 Å². The van der Waals surface area contributed by atoms with E-state index in [0.29, 0.717) is 19.5 Å². The first-order valence-electron chi connectivity index (χ1n) is 8.90. The quantitative estimate of drug-likeness (QED) is 0.626. The number of para-hydroxylation sites is 1. The molecule has 0 saturated carbocycles. The Bertz CT molecular complexity index is 786. The van der Waals surface area contributed by atoms with Gasteiger partial charge in [-0.1, -0.05) is 18.2 Å². The number of guanidine groups is 1. The average Bonchev–Trinajstić information content (AvgIpc) is 3.15. The molecule has 138 valence electrons. The van der Waals surface area contributed by atoms with Gasteiger partial charge in [0.15, 0.2) is 5.96 Å². The van der Waals surface area contributed by atoms with Gasteiger partial charge >= 0.3 is 0 Å². The topological polar surface area (TPSA) is 69.6 Å². The first-order chi connectivity index (χ1) is 12.6. The van der Waals surface area contributed by atoms with E-state index in [4.69, 9.17) is 0 Å². The highest BCUT2D eigenvalue weighted by atomic mass is 32.1. The number of anilines is 1. The summed E-state index contributed by atoms with van der Waals surface area (Å²) in [5.41, 5.74) is 1.98. The molecule has 1 atom stereocenters. The van der Waals surface area contributed by atoms with Crippen LogP contribution >= 0.6 is 11.3 Å². The summed E-state index contributed by atoms with van der Waals surface area (Å²) in [6.45, 7) is 8.07. The van der Waals surface area contributed by atoms with E-state index in [1.54, 1.807) is 11.3 Å². The number of aromatic nitrogens is 1. The maximum Gasteiger partial charge on any atom is 0.229 e. The van der Waals surface area contributed by atoms with Crippen LogP contribution in [-0.4, -0.2) is 36.0 Å². The molecule has 1 saturated heterocycles. The molecule has 26 heavy (non-hydrogen) atoms. The van der Waals surface area contributed by atoms with Gasteiger partial charge in [-0.2, -0.15) is 0 Å². The molecule has 2 heterocycles. The van der Waals surface area contributed by atoms with E-state index in [9.17, 15) is 4.79 Å². The zero-order valence-electron chi connectivity index (χ0n) is 15.5. The molecule has 1 unspecified atom stereocenters. The van der Waals surface area contributed by atoms with Gasteiger partial charge in [0.2, 0.25) is 5.91 Å². The summed E-state index contributed by atoms with van der Waals surface area (Å²) in [6.07, 6.45) is 0.470. The lowest BCUT2D eigenvalue weighted by molar-refractivity contribution is -0.117. The summed E-state index contributed by atoms with van der Waals surface area (Å²) in [6, 6.07) is 9.84. The molecular formula is C19H25N5OS. The summed E-state index contributed by atoms with van der Waals surface area (Å²) in [5, 5.41) is 7.73. The summed E-state index contributed by atoms with van der Waals surface area (Å²) in [4.78, 5) is 24.5. The average molecular weight is 372 g/mol. The monoisotopic (exact) mass is 371 g/mol. The van der Waals surface area contributed by atoms with Crippen LogP contribution in [0.1, 0.15) is 28.9 Å². The Morgan fingerprint density at radius 3 is 2.77 bits per heavy atom. The Kier molecular flexibility index (Phi) is 5.88. The van der Waals surface area contributed by atoms with E-state index in [-0.39, 0.29) is 11.9 Å². The van der Waals surface area contributed by atoms with Crippen LogP contribution in [0.3, 0.4) is 0 Å². The number of benzene rings is 1. The normalized spacial score (nSPS) is 17.7. The van der Waals surface area contributed by atoms with Crippen LogP contribution in [0.5, 0.6) is 0 Å². The summed E-state index contributed by atoms with van der Waals surface area (Å²) in [7, 11) is 0. The first-order valence-corrected chi connectivity index (χ1v) is 9.71. The second-order valence-electron chi connectivity index (χ2n) is 6.32. The maximum absolute atomic E-state index is 12.4. The maximum atomic E-state index is 12.4. The van der Waals surface area contributed by atoms with Gasteiger partial charge in [-0.25, -0.2) is 9.98 Å². The van der Waals surface area contributed by atoms with E-state index >= 15 is 0 Å². The van der Waals surface area contributed by atoms with Crippen molar-refractivity contribution in [3.8, 4) is 0 Å². The smallest absolute Gasteiger partial charge is 0.229 e. The van der Waals surface area contributed by atoms with Gasteiger partial charge in [-0.05, 0) is 32.9 Å². The van der Waals surface area contributed by atoms with Crippen LogP contribution in [0.2, 0.25) is 0 Å². The van der Waals surface area contributed by atoms with Crippen molar-refractivity contribution in [2.45, 2.75) is 39.8 Å². The molecule has 0 aliphatic carbocycles. The number of thiazole rings is 1. The summed E-state index contributed by atoms with van der Waals surface area (Å²) in [5.74, 6) is 0.879. The minimum atomic E-state index is 0.0461. The van der Waals surface area contributed by atoms with Crippen molar-refractivity contribution in [1.29, 1.82) is 0 Å². The Balaban J connectivity index is 1.65. The van der Waals surface area contributed by atoms with Crippen LogP contribution in [-0.2, 0) is 11.3 Å². The van der Waals surface area contributed by atoms with Crippen molar-refractivity contribution in [3.63, 3.8) is 0 Å². The number of amides is 1. The van der Waals surface area contributed by atoms with Gasteiger partial charge in [0, 0.05) is 30.1 Å². The molecule has 3 rings (SSSR count). The minimum Gasteiger partial charge on any atom is -0.357 e. The van der Waals surface area contributed by atoms with Crippen molar-refractivity contribution < 1.29 is 4.79 Å². The number of aryl methyl sites for hydroxylation is 2. The van der Waals surface area contributed by atoms with E-state index in [1.165, 1.54) is 4.88 Å². The summed E-state index contributed by atoms with van der Waals surface area (Å²) < 4.78 is 0. The second kappa shape index (κ2) is 8.31. The van der Waals surface area contributed by atoms with Crippen LogP contribution < -0.4 is 15.5 Å². The number of carbonyl (C=O) groups excluding carboxylic acids is 1. The standard InChI is InChI=1S/C19H25N5OS/c1-4-20-19(21-11-17-13(2)22-14(3)26-17)23-15-10-18(25)24(12-15)16-8-6-5-7-9-16/h5-9,15H,4,10-12H2,1-3H3,(H2,20,21,23). The van der Waals surface area contributed by atoms with Crippen molar-refractivity contribution >= 4 is 28.9 Å². The van der Waals surface area contributed by atoms with Gasteiger partial charge in [0.05, 0.1) is 23.3 Å². The van der Waals surface area contributed by atoms with Crippen molar-refractivity contribution in [2.75, 3.05) is 18.0 Å². The predicted molar refractivity (Wildman–Crippen MR) is 107 cm³/mol. The number of hydrogen-bond donors (Lipinski definition) is 2. The molecule has 0 bridgehead atoms. The highest BCUT2D eigenvalue weighted by molar-refractivity contribution is 7.11. The van der Waals surface area contributed by atoms with Crippen LogP contribution in [0, 0.1) is 13.8 Å². The van der Waals surface area contributed by atoms with Crippen molar-refractivity contribution in [2.24, 2.45) is 4.99 Å². The fraction of sp³-hybridized carbons (Fsp3) is 0.421. The highest BCUT2D eigenvalue weighted by Crippen LogP contribution is 2.21. The fourth-order valence-corrected chi connectivity index (χ4v) is 3.91. The molecule has 1 aromatic carbocycles. The van der Waals surface area contributed by atoms with Crippen molar-refractivity contribution in [3.05, 3.63) is 45.9 Å². The van der Waals surface area contributed by atoms with E-state index in [2.05, 4.69) is 20.6 Å². The third kappa shape index (κ3) is 4.40.